The molecule has 2 aromatic carbocycles. The van der Waals surface area contributed by atoms with Crippen molar-refractivity contribution in [3.05, 3.63) is 58.3 Å². The molecule has 0 unspecified atom stereocenters. The molecule has 0 aliphatic carbocycles. The van der Waals surface area contributed by atoms with Gasteiger partial charge in [-0.15, -0.1) is 0 Å². The molecule has 1 fully saturated rings. The molecule has 0 spiro atoms. The fourth-order valence-electron chi connectivity index (χ4n) is 2.29. The second-order valence-corrected chi connectivity index (χ2v) is 6.48. The van der Waals surface area contributed by atoms with Gasteiger partial charge in [0.25, 0.3) is 0 Å². The number of anilines is 1. The molecule has 138 valence electrons. The van der Waals surface area contributed by atoms with Crippen molar-refractivity contribution >= 4 is 27.7 Å². The van der Waals surface area contributed by atoms with Crippen molar-refractivity contribution in [2.45, 2.75) is 18.8 Å². The van der Waals surface area contributed by atoms with Gasteiger partial charge in [-0.2, -0.15) is 0 Å². The van der Waals surface area contributed by atoms with E-state index in [4.69, 9.17) is 19.3 Å². The summed E-state index contributed by atoms with van der Waals surface area (Å²) in [5, 5.41) is 11.3. The summed E-state index contributed by atoms with van der Waals surface area (Å²) < 4.78 is 30.4. The van der Waals surface area contributed by atoms with Crippen molar-refractivity contribution in [3.63, 3.8) is 0 Å². The van der Waals surface area contributed by atoms with Crippen LogP contribution in [0.4, 0.5) is 14.9 Å². The Morgan fingerprint density at radius 3 is 2.69 bits per heavy atom. The normalized spacial score (nSPS) is 18.3. The summed E-state index contributed by atoms with van der Waals surface area (Å²) in [6, 6.07) is 12.1. The van der Waals surface area contributed by atoms with Crippen molar-refractivity contribution in [2.75, 3.05) is 18.5 Å². The molecular weight excluding hydrogens is 409 g/mol. The van der Waals surface area contributed by atoms with Gasteiger partial charge >= 0.3 is 6.09 Å². The molecule has 0 aromatic heterocycles. The van der Waals surface area contributed by atoms with Gasteiger partial charge in [0.2, 0.25) is 0 Å². The van der Waals surface area contributed by atoms with E-state index >= 15 is 0 Å². The standard InChI is InChI=1S/C18H17BrFNO5/c19-12-6-7-13(24-10-15-14(8-22)26-15)17(16(12)20)21-18(23)25-9-11-4-2-1-3-5-11/h1-7,14-15,22H,8-10H2,(H,21,23)/t14-,15+/m0/s1. The Morgan fingerprint density at radius 2 is 2.00 bits per heavy atom. The SMILES string of the molecule is O=C(Nc1c(OC[C@H]2O[C@H]2CO)ccc(Br)c1F)OCc1ccccc1. The highest BCUT2D eigenvalue weighted by Crippen LogP contribution is 2.34. The van der Waals surface area contributed by atoms with Crippen molar-refractivity contribution < 1.29 is 28.5 Å². The highest BCUT2D eigenvalue weighted by atomic mass is 79.9. The molecule has 1 heterocycles. The summed E-state index contributed by atoms with van der Waals surface area (Å²) in [7, 11) is 0. The molecule has 0 radical (unpaired) electrons. The maximum Gasteiger partial charge on any atom is 0.412 e. The van der Waals surface area contributed by atoms with Crippen LogP contribution in [-0.4, -0.2) is 36.6 Å². The van der Waals surface area contributed by atoms with E-state index in [1.165, 1.54) is 12.1 Å². The van der Waals surface area contributed by atoms with E-state index in [0.29, 0.717) is 0 Å². The van der Waals surface area contributed by atoms with Crippen LogP contribution >= 0.6 is 15.9 Å². The van der Waals surface area contributed by atoms with Crippen LogP contribution in [0.2, 0.25) is 0 Å². The summed E-state index contributed by atoms with van der Waals surface area (Å²) >= 11 is 3.08. The number of hydrogen-bond donors (Lipinski definition) is 2. The zero-order valence-corrected chi connectivity index (χ0v) is 15.2. The number of hydrogen-bond acceptors (Lipinski definition) is 5. The number of rotatable bonds is 7. The van der Waals surface area contributed by atoms with Gasteiger partial charge in [-0.05, 0) is 33.6 Å². The number of aliphatic hydroxyl groups excluding tert-OH is 1. The second kappa shape index (κ2) is 8.48. The molecule has 1 saturated heterocycles. The second-order valence-electron chi connectivity index (χ2n) is 5.63. The summed E-state index contributed by atoms with van der Waals surface area (Å²) in [6.45, 7) is 0.103. The molecule has 1 aliphatic rings. The Bertz CT molecular complexity index is 774. The third kappa shape index (κ3) is 4.72. The summed E-state index contributed by atoms with van der Waals surface area (Å²) in [6.07, 6.45) is -1.31. The van der Waals surface area contributed by atoms with Gasteiger partial charge < -0.3 is 19.3 Å². The Labute approximate surface area is 158 Å². The summed E-state index contributed by atoms with van der Waals surface area (Å²) in [5.74, 6) is -0.524. The lowest BCUT2D eigenvalue weighted by molar-refractivity contribution is 0.155. The molecule has 0 saturated carbocycles. The monoisotopic (exact) mass is 425 g/mol. The number of amides is 1. The van der Waals surface area contributed by atoms with E-state index in [-0.39, 0.29) is 47.9 Å². The Balaban J connectivity index is 1.63. The number of halogens is 2. The number of benzene rings is 2. The van der Waals surface area contributed by atoms with Crippen molar-refractivity contribution in [1.82, 2.24) is 0 Å². The van der Waals surface area contributed by atoms with E-state index < -0.39 is 11.9 Å². The molecule has 6 nitrogen and oxygen atoms in total. The van der Waals surface area contributed by atoms with E-state index in [1.807, 2.05) is 30.3 Å². The molecule has 3 rings (SSSR count). The Morgan fingerprint density at radius 1 is 1.23 bits per heavy atom. The van der Waals surface area contributed by atoms with Crippen LogP contribution in [0.3, 0.4) is 0 Å². The average Bonchev–Trinajstić information content (AvgIpc) is 3.43. The number of epoxide rings is 1. The summed E-state index contributed by atoms with van der Waals surface area (Å²) in [4.78, 5) is 12.0. The molecule has 8 heteroatoms. The Hall–Kier alpha value is -2.16. The average molecular weight is 426 g/mol. The van der Waals surface area contributed by atoms with Crippen molar-refractivity contribution in [1.29, 1.82) is 0 Å². The summed E-state index contributed by atoms with van der Waals surface area (Å²) in [5.41, 5.74) is 0.688. The molecule has 2 aromatic rings. The van der Waals surface area contributed by atoms with Gasteiger partial charge in [-0.1, -0.05) is 30.3 Å². The largest absolute Gasteiger partial charge is 0.488 e. The van der Waals surface area contributed by atoms with E-state index in [2.05, 4.69) is 21.2 Å². The number of aliphatic hydroxyl groups is 1. The van der Waals surface area contributed by atoms with Crippen LogP contribution in [0.25, 0.3) is 0 Å². The molecule has 2 N–H and O–H groups in total. The van der Waals surface area contributed by atoms with Crippen molar-refractivity contribution in [2.24, 2.45) is 0 Å². The maximum absolute atomic E-state index is 14.4. The van der Waals surface area contributed by atoms with Crippen LogP contribution in [-0.2, 0) is 16.1 Å². The van der Waals surface area contributed by atoms with Crippen LogP contribution in [0, 0.1) is 5.82 Å². The molecule has 1 aliphatic heterocycles. The minimum atomic E-state index is -0.799. The predicted octanol–water partition coefficient (Wildman–Crippen LogP) is 3.48. The first-order valence-electron chi connectivity index (χ1n) is 7.93. The fraction of sp³-hybridized carbons (Fsp3) is 0.278. The molecule has 2 atom stereocenters. The lowest BCUT2D eigenvalue weighted by Gasteiger charge is -2.14. The highest BCUT2D eigenvalue weighted by Gasteiger charge is 2.39. The third-order valence-electron chi connectivity index (χ3n) is 3.77. The van der Waals surface area contributed by atoms with Crippen LogP contribution < -0.4 is 10.1 Å². The lowest BCUT2D eigenvalue weighted by atomic mass is 10.2. The first-order valence-corrected chi connectivity index (χ1v) is 8.72. The van der Waals surface area contributed by atoms with Crippen LogP contribution in [0.1, 0.15) is 5.56 Å². The number of ether oxygens (including phenoxy) is 3. The first kappa shape index (κ1) is 18.6. The molecular formula is C18H17BrFNO5. The van der Waals surface area contributed by atoms with Gasteiger partial charge in [0, 0.05) is 0 Å². The molecule has 0 bridgehead atoms. The van der Waals surface area contributed by atoms with Gasteiger partial charge in [0.1, 0.15) is 36.9 Å². The quantitative estimate of drug-likeness (QED) is 0.663. The predicted molar refractivity (Wildman–Crippen MR) is 95.6 cm³/mol. The number of carbonyl (C=O) groups excluding carboxylic acids is 1. The molecule has 26 heavy (non-hydrogen) atoms. The smallest absolute Gasteiger partial charge is 0.412 e. The van der Waals surface area contributed by atoms with E-state index in [9.17, 15) is 9.18 Å². The zero-order valence-electron chi connectivity index (χ0n) is 13.7. The van der Waals surface area contributed by atoms with Gasteiger partial charge in [-0.25, -0.2) is 9.18 Å². The van der Waals surface area contributed by atoms with E-state index in [0.717, 1.165) is 5.56 Å². The topological polar surface area (TPSA) is 80.3 Å². The minimum Gasteiger partial charge on any atom is -0.488 e. The van der Waals surface area contributed by atoms with Gasteiger partial charge in [-0.3, -0.25) is 5.32 Å². The fourth-order valence-corrected chi connectivity index (χ4v) is 2.62. The third-order valence-corrected chi connectivity index (χ3v) is 4.38. The van der Waals surface area contributed by atoms with Crippen molar-refractivity contribution in [3.8, 4) is 5.75 Å². The van der Waals surface area contributed by atoms with Gasteiger partial charge in [0.15, 0.2) is 5.82 Å². The number of nitrogens with one attached hydrogen (secondary N) is 1. The van der Waals surface area contributed by atoms with Crippen LogP contribution in [0.15, 0.2) is 46.9 Å². The van der Waals surface area contributed by atoms with Crippen LogP contribution in [0.5, 0.6) is 5.75 Å². The molecule has 1 amide bonds. The van der Waals surface area contributed by atoms with E-state index in [1.54, 1.807) is 0 Å². The maximum atomic E-state index is 14.4. The first-order chi connectivity index (χ1) is 12.6. The zero-order chi connectivity index (χ0) is 18.5. The van der Waals surface area contributed by atoms with Gasteiger partial charge in [0.05, 0.1) is 11.1 Å². The minimum absolute atomic E-state index is 0.0621. The highest BCUT2D eigenvalue weighted by molar-refractivity contribution is 9.10. The number of carbonyl (C=O) groups is 1. The lowest BCUT2D eigenvalue weighted by Crippen LogP contribution is -2.17. The Kier molecular flexibility index (Phi) is 6.08.